The molecule has 2 amide bonds. The Balaban J connectivity index is 1.36. The van der Waals surface area contributed by atoms with E-state index in [0.717, 1.165) is 12.8 Å². The molecule has 1 aliphatic carbocycles. The number of carbonyl (C=O) groups excluding carboxylic acids is 2. The van der Waals surface area contributed by atoms with E-state index in [9.17, 15) is 14.0 Å². The second-order valence-electron chi connectivity index (χ2n) is 6.45. The molecule has 1 aliphatic rings. The highest BCUT2D eigenvalue weighted by molar-refractivity contribution is 7.99. The van der Waals surface area contributed by atoms with Crippen molar-refractivity contribution in [2.75, 3.05) is 11.1 Å². The minimum atomic E-state index is -0.363. The maximum atomic E-state index is 12.9. The minimum absolute atomic E-state index is 0.127. The van der Waals surface area contributed by atoms with Crippen molar-refractivity contribution in [3.05, 3.63) is 60.4 Å². The number of hydrogen-bond donors (Lipinski definition) is 2. The van der Waals surface area contributed by atoms with Crippen molar-refractivity contribution in [2.24, 2.45) is 0 Å². The number of thioether (sulfide) groups is 1. The maximum absolute atomic E-state index is 12.9. The zero-order chi connectivity index (χ0) is 20.2. The van der Waals surface area contributed by atoms with Crippen molar-refractivity contribution in [3.63, 3.8) is 0 Å². The first-order chi connectivity index (χ1) is 14.1. The molecule has 3 aromatic rings. The number of halogens is 1. The van der Waals surface area contributed by atoms with Crippen LogP contribution in [-0.2, 0) is 4.79 Å². The predicted octanol–water partition coefficient (Wildman–Crippen LogP) is 2.42. The number of rotatable bonds is 7. The van der Waals surface area contributed by atoms with E-state index in [-0.39, 0.29) is 29.4 Å². The molecule has 0 bridgehead atoms. The summed E-state index contributed by atoms with van der Waals surface area (Å²) in [7, 11) is 0. The maximum Gasteiger partial charge on any atom is 0.272 e. The lowest BCUT2D eigenvalue weighted by Crippen LogP contribution is -2.25. The number of anilines is 1. The van der Waals surface area contributed by atoms with Gasteiger partial charge >= 0.3 is 0 Å². The number of nitrogens with one attached hydrogen (secondary N) is 2. The van der Waals surface area contributed by atoms with Gasteiger partial charge in [0.15, 0.2) is 11.5 Å². The summed E-state index contributed by atoms with van der Waals surface area (Å²) in [5.74, 6) is -0.181. The average Bonchev–Trinajstić information content (AvgIpc) is 3.39. The van der Waals surface area contributed by atoms with E-state index in [2.05, 4.69) is 25.7 Å². The van der Waals surface area contributed by atoms with Gasteiger partial charge in [-0.15, -0.1) is 0 Å². The van der Waals surface area contributed by atoms with Crippen molar-refractivity contribution in [2.45, 2.75) is 23.9 Å². The highest BCUT2D eigenvalue weighted by Crippen LogP contribution is 2.20. The molecular formula is C19H17FN6O2S. The number of hydrogen-bond acceptors (Lipinski definition) is 6. The highest BCUT2D eigenvalue weighted by Gasteiger charge is 2.24. The smallest absolute Gasteiger partial charge is 0.272 e. The molecule has 148 valence electrons. The molecule has 1 fully saturated rings. The van der Waals surface area contributed by atoms with E-state index in [1.807, 2.05) is 0 Å². The molecule has 0 radical (unpaired) electrons. The van der Waals surface area contributed by atoms with Crippen LogP contribution in [0.5, 0.6) is 0 Å². The monoisotopic (exact) mass is 412 g/mol. The standard InChI is InChI=1S/C19H17FN6O2S/c20-12-1-3-13(4-2-12)23-17(27)10-29-18-9-16(21-11-22-18)26-8-7-15(25-26)19(28)24-14-5-6-14/h1-4,7-9,11,14H,5-6,10H2,(H,23,27)(H,24,28). The van der Waals surface area contributed by atoms with Crippen LogP contribution in [0.2, 0.25) is 0 Å². The molecule has 1 saturated carbocycles. The summed E-state index contributed by atoms with van der Waals surface area (Å²) in [4.78, 5) is 32.4. The normalized spacial score (nSPS) is 13.1. The Morgan fingerprint density at radius 1 is 1.17 bits per heavy atom. The van der Waals surface area contributed by atoms with Gasteiger partial charge in [-0.05, 0) is 43.2 Å². The molecule has 0 atom stereocenters. The molecule has 29 heavy (non-hydrogen) atoms. The Bertz CT molecular complexity index is 1040. The lowest BCUT2D eigenvalue weighted by Gasteiger charge is -2.06. The summed E-state index contributed by atoms with van der Waals surface area (Å²) in [5.41, 5.74) is 0.845. The third kappa shape index (κ3) is 5.17. The Labute approximate surface area is 169 Å². The summed E-state index contributed by atoms with van der Waals surface area (Å²) in [5, 5.41) is 10.4. The van der Waals surface area contributed by atoms with Crippen LogP contribution in [-0.4, -0.2) is 43.4 Å². The Morgan fingerprint density at radius 2 is 1.97 bits per heavy atom. The predicted molar refractivity (Wildman–Crippen MR) is 105 cm³/mol. The van der Waals surface area contributed by atoms with Gasteiger partial charge in [-0.25, -0.2) is 19.0 Å². The topological polar surface area (TPSA) is 102 Å². The summed E-state index contributed by atoms with van der Waals surface area (Å²) in [6.07, 6.45) is 5.04. The van der Waals surface area contributed by atoms with Crippen LogP contribution >= 0.6 is 11.8 Å². The van der Waals surface area contributed by atoms with Crippen molar-refractivity contribution >= 4 is 29.3 Å². The molecule has 0 spiro atoms. The fraction of sp³-hybridized carbons (Fsp3) is 0.211. The second-order valence-corrected chi connectivity index (χ2v) is 7.45. The van der Waals surface area contributed by atoms with E-state index in [4.69, 9.17) is 0 Å². The Morgan fingerprint density at radius 3 is 2.72 bits per heavy atom. The zero-order valence-corrected chi connectivity index (χ0v) is 16.0. The highest BCUT2D eigenvalue weighted by atomic mass is 32.2. The van der Waals surface area contributed by atoms with Gasteiger partial charge < -0.3 is 10.6 Å². The third-order valence-corrected chi connectivity index (χ3v) is 5.00. The molecule has 10 heteroatoms. The van der Waals surface area contributed by atoms with Gasteiger partial charge in [-0.3, -0.25) is 9.59 Å². The van der Waals surface area contributed by atoms with Gasteiger partial charge in [-0.1, -0.05) is 11.8 Å². The number of aromatic nitrogens is 4. The third-order valence-electron chi connectivity index (χ3n) is 4.08. The molecule has 0 saturated heterocycles. The fourth-order valence-corrected chi connectivity index (χ4v) is 3.13. The van der Waals surface area contributed by atoms with E-state index in [0.29, 0.717) is 22.2 Å². The first-order valence-corrected chi connectivity index (χ1v) is 9.92. The molecule has 2 N–H and O–H groups in total. The van der Waals surface area contributed by atoms with Gasteiger partial charge in [0.25, 0.3) is 5.91 Å². The van der Waals surface area contributed by atoms with Gasteiger partial charge in [0, 0.05) is 24.0 Å². The second kappa shape index (κ2) is 8.39. The van der Waals surface area contributed by atoms with E-state index in [1.54, 1.807) is 18.3 Å². The fourth-order valence-electron chi connectivity index (χ4n) is 2.46. The number of nitrogens with zero attached hydrogens (tertiary/aromatic N) is 4. The Kier molecular flexibility index (Phi) is 5.52. The SMILES string of the molecule is O=C(CSc1cc(-n2ccc(C(=O)NC3CC3)n2)ncn1)Nc1ccc(F)cc1. The number of amides is 2. The molecule has 2 aromatic heterocycles. The molecule has 4 rings (SSSR count). The molecular weight excluding hydrogens is 395 g/mol. The first-order valence-electron chi connectivity index (χ1n) is 8.94. The number of benzene rings is 1. The van der Waals surface area contributed by atoms with Gasteiger partial charge in [0.2, 0.25) is 5.91 Å². The van der Waals surface area contributed by atoms with Crippen LogP contribution in [0.3, 0.4) is 0 Å². The molecule has 1 aromatic carbocycles. The zero-order valence-electron chi connectivity index (χ0n) is 15.2. The van der Waals surface area contributed by atoms with Gasteiger partial charge in [-0.2, -0.15) is 5.10 Å². The molecule has 2 heterocycles. The van der Waals surface area contributed by atoms with Crippen LogP contribution < -0.4 is 10.6 Å². The van der Waals surface area contributed by atoms with E-state index in [1.165, 1.54) is 47.0 Å². The van der Waals surface area contributed by atoms with Crippen LogP contribution in [0.15, 0.2) is 53.9 Å². The molecule has 8 nitrogen and oxygen atoms in total. The molecule has 0 unspecified atom stereocenters. The van der Waals surface area contributed by atoms with Gasteiger partial charge in [0.1, 0.15) is 17.2 Å². The number of carbonyl (C=O) groups is 2. The summed E-state index contributed by atoms with van der Waals surface area (Å²) < 4.78 is 14.4. The largest absolute Gasteiger partial charge is 0.348 e. The van der Waals surface area contributed by atoms with Crippen molar-refractivity contribution < 1.29 is 14.0 Å². The van der Waals surface area contributed by atoms with E-state index < -0.39 is 0 Å². The van der Waals surface area contributed by atoms with Crippen LogP contribution in [0.25, 0.3) is 5.82 Å². The van der Waals surface area contributed by atoms with Crippen LogP contribution in [0.1, 0.15) is 23.3 Å². The summed E-state index contributed by atoms with van der Waals surface area (Å²) in [6.45, 7) is 0. The van der Waals surface area contributed by atoms with Crippen LogP contribution in [0.4, 0.5) is 10.1 Å². The average molecular weight is 412 g/mol. The van der Waals surface area contributed by atoms with Crippen molar-refractivity contribution in [1.29, 1.82) is 0 Å². The minimum Gasteiger partial charge on any atom is -0.348 e. The van der Waals surface area contributed by atoms with Gasteiger partial charge in [0.05, 0.1) is 5.75 Å². The molecule has 0 aliphatic heterocycles. The first kappa shape index (κ1) is 19.1. The van der Waals surface area contributed by atoms with Crippen molar-refractivity contribution in [3.8, 4) is 5.82 Å². The summed E-state index contributed by atoms with van der Waals surface area (Å²) >= 11 is 1.23. The van der Waals surface area contributed by atoms with Crippen molar-refractivity contribution in [1.82, 2.24) is 25.1 Å². The Hall–Kier alpha value is -3.27. The lowest BCUT2D eigenvalue weighted by atomic mass is 10.3. The quantitative estimate of drug-likeness (QED) is 0.457. The van der Waals surface area contributed by atoms with Crippen LogP contribution in [0, 0.1) is 5.82 Å². The lowest BCUT2D eigenvalue weighted by molar-refractivity contribution is -0.113. The van der Waals surface area contributed by atoms with E-state index >= 15 is 0 Å². The summed E-state index contributed by atoms with van der Waals surface area (Å²) in [6, 6.07) is 9.13.